The summed E-state index contributed by atoms with van der Waals surface area (Å²) in [7, 11) is 0. The molecule has 0 unspecified atom stereocenters. The number of aliphatic hydroxyl groups excluding tert-OH is 1. The van der Waals surface area contributed by atoms with Crippen molar-refractivity contribution in [1.29, 1.82) is 0 Å². The van der Waals surface area contributed by atoms with Crippen LogP contribution in [0.3, 0.4) is 0 Å². The average molecular weight is 264 g/mol. The Bertz CT molecular complexity index is 381. The van der Waals surface area contributed by atoms with E-state index in [4.69, 9.17) is 4.74 Å². The van der Waals surface area contributed by atoms with Crippen LogP contribution in [0.1, 0.15) is 38.3 Å². The molecule has 0 saturated carbocycles. The van der Waals surface area contributed by atoms with Gasteiger partial charge in [-0.05, 0) is 36.8 Å². The lowest BCUT2D eigenvalue weighted by atomic mass is 9.99. The molecule has 0 bridgehead atoms. The van der Waals surface area contributed by atoms with Crippen LogP contribution in [-0.4, -0.2) is 23.8 Å². The molecule has 0 heterocycles. The van der Waals surface area contributed by atoms with Crippen LogP contribution in [0.15, 0.2) is 24.3 Å². The van der Waals surface area contributed by atoms with Crippen molar-refractivity contribution in [3.05, 3.63) is 35.4 Å². The Kier molecular flexibility index (Phi) is 6.57. The number of esters is 1. The molecule has 0 amide bonds. The minimum atomic E-state index is -0.671. The van der Waals surface area contributed by atoms with E-state index in [0.29, 0.717) is 18.9 Å². The molecule has 0 aliphatic rings. The minimum Gasteiger partial charge on any atom is -0.466 e. The van der Waals surface area contributed by atoms with Crippen molar-refractivity contribution in [2.24, 2.45) is 5.92 Å². The van der Waals surface area contributed by atoms with E-state index in [0.717, 1.165) is 12.0 Å². The number of benzene rings is 1. The standard InChI is InChI=1S/C16H24O3/c1-4-19-16(18)11-15(17)10-14-7-5-13(6-8-14)9-12(2)3/h5-8,12,15,17H,4,9-11H2,1-3H3/t15-/m1/s1. The summed E-state index contributed by atoms with van der Waals surface area (Å²) >= 11 is 0. The Morgan fingerprint density at radius 3 is 2.16 bits per heavy atom. The number of carbonyl (C=O) groups is 1. The topological polar surface area (TPSA) is 46.5 Å². The Morgan fingerprint density at radius 1 is 1.16 bits per heavy atom. The molecular formula is C16H24O3. The second-order valence-electron chi connectivity index (χ2n) is 5.28. The maximum Gasteiger partial charge on any atom is 0.308 e. The molecule has 19 heavy (non-hydrogen) atoms. The highest BCUT2D eigenvalue weighted by molar-refractivity contribution is 5.69. The third kappa shape index (κ3) is 6.39. The average Bonchev–Trinajstić information content (AvgIpc) is 2.31. The van der Waals surface area contributed by atoms with Crippen LogP contribution >= 0.6 is 0 Å². The molecule has 0 aliphatic carbocycles. The number of hydrogen-bond acceptors (Lipinski definition) is 3. The summed E-state index contributed by atoms with van der Waals surface area (Å²) in [5.74, 6) is 0.298. The van der Waals surface area contributed by atoms with Gasteiger partial charge in [0.1, 0.15) is 0 Å². The van der Waals surface area contributed by atoms with Gasteiger partial charge in [-0.2, -0.15) is 0 Å². The molecule has 0 aromatic heterocycles. The van der Waals surface area contributed by atoms with Gasteiger partial charge in [-0.3, -0.25) is 4.79 Å². The molecule has 3 heteroatoms. The number of aliphatic hydroxyl groups is 1. The monoisotopic (exact) mass is 264 g/mol. The van der Waals surface area contributed by atoms with Crippen molar-refractivity contribution in [3.63, 3.8) is 0 Å². The lowest BCUT2D eigenvalue weighted by Gasteiger charge is -2.11. The summed E-state index contributed by atoms with van der Waals surface area (Å²) in [6.07, 6.45) is 0.934. The molecule has 0 aliphatic heterocycles. The lowest BCUT2D eigenvalue weighted by Crippen LogP contribution is -2.18. The first-order valence-electron chi connectivity index (χ1n) is 6.92. The van der Waals surface area contributed by atoms with Crippen molar-refractivity contribution in [1.82, 2.24) is 0 Å². The van der Waals surface area contributed by atoms with Crippen LogP contribution in [-0.2, 0) is 22.4 Å². The van der Waals surface area contributed by atoms with Crippen LogP contribution in [0, 0.1) is 5.92 Å². The van der Waals surface area contributed by atoms with Crippen LogP contribution < -0.4 is 0 Å². The van der Waals surface area contributed by atoms with Gasteiger partial charge >= 0.3 is 5.97 Å². The highest BCUT2D eigenvalue weighted by atomic mass is 16.5. The predicted molar refractivity (Wildman–Crippen MR) is 75.9 cm³/mol. The van der Waals surface area contributed by atoms with E-state index in [1.807, 2.05) is 12.1 Å². The van der Waals surface area contributed by atoms with E-state index in [2.05, 4.69) is 26.0 Å². The molecule has 1 aromatic rings. The largest absolute Gasteiger partial charge is 0.466 e. The normalized spacial score (nSPS) is 12.5. The molecule has 0 fully saturated rings. The number of ether oxygens (including phenoxy) is 1. The number of hydrogen-bond donors (Lipinski definition) is 1. The van der Waals surface area contributed by atoms with Gasteiger partial charge in [-0.25, -0.2) is 0 Å². The van der Waals surface area contributed by atoms with Crippen molar-refractivity contribution >= 4 is 5.97 Å². The van der Waals surface area contributed by atoms with Crippen LogP contribution in [0.25, 0.3) is 0 Å². The van der Waals surface area contributed by atoms with E-state index >= 15 is 0 Å². The summed E-state index contributed by atoms with van der Waals surface area (Å²) < 4.78 is 4.81. The fraction of sp³-hybridized carbons (Fsp3) is 0.562. The third-order valence-corrected chi connectivity index (χ3v) is 2.85. The molecule has 106 valence electrons. The first kappa shape index (κ1) is 15.7. The summed E-state index contributed by atoms with van der Waals surface area (Å²) in [6.45, 7) is 6.50. The van der Waals surface area contributed by atoms with E-state index in [1.165, 1.54) is 5.56 Å². The molecule has 3 nitrogen and oxygen atoms in total. The molecule has 0 spiro atoms. The zero-order chi connectivity index (χ0) is 14.3. The zero-order valence-electron chi connectivity index (χ0n) is 12.1. The third-order valence-electron chi connectivity index (χ3n) is 2.85. The van der Waals surface area contributed by atoms with E-state index in [1.54, 1.807) is 6.92 Å². The fourth-order valence-corrected chi connectivity index (χ4v) is 2.04. The molecule has 0 saturated heterocycles. The Morgan fingerprint density at radius 2 is 1.68 bits per heavy atom. The van der Waals surface area contributed by atoms with E-state index in [-0.39, 0.29) is 12.4 Å². The Balaban J connectivity index is 2.46. The molecule has 0 radical (unpaired) electrons. The quantitative estimate of drug-likeness (QED) is 0.770. The van der Waals surface area contributed by atoms with Crippen molar-refractivity contribution in [2.75, 3.05) is 6.61 Å². The zero-order valence-corrected chi connectivity index (χ0v) is 12.1. The minimum absolute atomic E-state index is 0.0571. The number of carbonyl (C=O) groups excluding carboxylic acids is 1. The highest BCUT2D eigenvalue weighted by Crippen LogP contribution is 2.12. The lowest BCUT2D eigenvalue weighted by molar-refractivity contribution is -0.145. The van der Waals surface area contributed by atoms with Crippen LogP contribution in [0.4, 0.5) is 0 Å². The van der Waals surface area contributed by atoms with Crippen molar-refractivity contribution in [2.45, 2.75) is 46.1 Å². The van der Waals surface area contributed by atoms with Gasteiger partial charge in [-0.1, -0.05) is 38.1 Å². The molecule has 1 rings (SSSR count). The van der Waals surface area contributed by atoms with Gasteiger partial charge in [0.15, 0.2) is 0 Å². The maximum absolute atomic E-state index is 11.2. The number of rotatable bonds is 7. The molecular weight excluding hydrogens is 240 g/mol. The van der Waals surface area contributed by atoms with Gasteiger partial charge in [0.25, 0.3) is 0 Å². The van der Waals surface area contributed by atoms with Gasteiger partial charge in [0.2, 0.25) is 0 Å². The fourth-order valence-electron chi connectivity index (χ4n) is 2.04. The highest BCUT2D eigenvalue weighted by Gasteiger charge is 2.12. The van der Waals surface area contributed by atoms with Gasteiger partial charge in [-0.15, -0.1) is 0 Å². The van der Waals surface area contributed by atoms with E-state index in [9.17, 15) is 9.90 Å². The van der Waals surface area contributed by atoms with Gasteiger partial charge < -0.3 is 9.84 Å². The first-order chi connectivity index (χ1) is 9.01. The predicted octanol–water partition coefficient (Wildman–Crippen LogP) is 2.74. The molecule has 1 N–H and O–H groups in total. The summed E-state index contributed by atoms with van der Waals surface area (Å²) in [6, 6.07) is 8.22. The van der Waals surface area contributed by atoms with Gasteiger partial charge in [0.05, 0.1) is 19.1 Å². The Hall–Kier alpha value is -1.35. The smallest absolute Gasteiger partial charge is 0.308 e. The van der Waals surface area contributed by atoms with Crippen LogP contribution in [0.5, 0.6) is 0 Å². The summed E-state index contributed by atoms with van der Waals surface area (Å²) in [5.41, 5.74) is 2.35. The van der Waals surface area contributed by atoms with Gasteiger partial charge in [0, 0.05) is 0 Å². The summed E-state index contributed by atoms with van der Waals surface area (Å²) in [5, 5.41) is 9.81. The van der Waals surface area contributed by atoms with E-state index < -0.39 is 6.10 Å². The van der Waals surface area contributed by atoms with Crippen molar-refractivity contribution in [3.8, 4) is 0 Å². The van der Waals surface area contributed by atoms with Crippen molar-refractivity contribution < 1.29 is 14.6 Å². The maximum atomic E-state index is 11.2. The van der Waals surface area contributed by atoms with Crippen LogP contribution in [0.2, 0.25) is 0 Å². The first-order valence-corrected chi connectivity index (χ1v) is 6.92. The molecule has 1 atom stereocenters. The second kappa shape index (κ2) is 7.95. The SMILES string of the molecule is CCOC(=O)C[C@H](O)Cc1ccc(CC(C)C)cc1. The molecule has 1 aromatic carbocycles. The Labute approximate surface area is 115 Å². The second-order valence-corrected chi connectivity index (χ2v) is 5.28. The summed E-state index contributed by atoms with van der Waals surface area (Å²) in [4.78, 5) is 11.2.